The molecule has 0 bridgehead atoms. The van der Waals surface area contributed by atoms with E-state index in [1.807, 2.05) is 30.3 Å². The van der Waals surface area contributed by atoms with Crippen molar-refractivity contribution in [2.75, 3.05) is 0 Å². The SMILES string of the molecule is CCCCCCCCC(CC(Oc1ccccc1)C(=O)O)Oc1ccc(Cl)cc1. The van der Waals surface area contributed by atoms with E-state index >= 15 is 0 Å². The van der Waals surface area contributed by atoms with Crippen LogP contribution in [0.25, 0.3) is 0 Å². The second-order valence-corrected chi connectivity index (χ2v) is 7.68. The van der Waals surface area contributed by atoms with Crippen molar-refractivity contribution in [2.24, 2.45) is 0 Å². The van der Waals surface area contributed by atoms with Crippen molar-refractivity contribution in [1.29, 1.82) is 0 Å². The van der Waals surface area contributed by atoms with Gasteiger partial charge in [0.25, 0.3) is 0 Å². The molecule has 5 heteroatoms. The number of benzene rings is 2. The van der Waals surface area contributed by atoms with Crippen LogP contribution in [0.3, 0.4) is 0 Å². The Balaban J connectivity index is 1.98. The number of carboxylic acid groups (broad SMARTS) is 1. The monoisotopic (exact) mass is 418 g/mol. The van der Waals surface area contributed by atoms with Gasteiger partial charge in [-0.3, -0.25) is 0 Å². The molecule has 0 radical (unpaired) electrons. The van der Waals surface area contributed by atoms with Gasteiger partial charge in [0.05, 0.1) is 0 Å². The number of para-hydroxylation sites is 1. The van der Waals surface area contributed by atoms with Crippen molar-refractivity contribution in [1.82, 2.24) is 0 Å². The number of carboxylic acids is 1. The predicted octanol–water partition coefficient (Wildman–Crippen LogP) is 6.76. The minimum Gasteiger partial charge on any atom is -0.490 e. The fourth-order valence-corrected chi connectivity index (χ4v) is 3.31. The van der Waals surface area contributed by atoms with Crippen LogP contribution < -0.4 is 9.47 Å². The van der Waals surface area contributed by atoms with Crippen molar-refractivity contribution in [3.8, 4) is 11.5 Å². The third-order valence-corrected chi connectivity index (χ3v) is 5.02. The third-order valence-electron chi connectivity index (χ3n) is 4.77. The van der Waals surface area contributed by atoms with Gasteiger partial charge in [0.15, 0.2) is 6.10 Å². The molecule has 4 nitrogen and oxygen atoms in total. The van der Waals surface area contributed by atoms with Crippen LogP contribution in [0.4, 0.5) is 0 Å². The first-order valence-electron chi connectivity index (χ1n) is 10.4. The zero-order chi connectivity index (χ0) is 20.9. The van der Waals surface area contributed by atoms with Crippen LogP contribution in [-0.4, -0.2) is 23.3 Å². The molecule has 0 aromatic heterocycles. The third kappa shape index (κ3) is 9.23. The first kappa shape index (κ1) is 23.1. The fraction of sp³-hybridized carbons (Fsp3) is 0.458. The van der Waals surface area contributed by atoms with Crippen molar-refractivity contribution < 1.29 is 19.4 Å². The average molecular weight is 419 g/mol. The smallest absolute Gasteiger partial charge is 0.345 e. The molecule has 2 aromatic rings. The highest BCUT2D eigenvalue weighted by atomic mass is 35.5. The maximum absolute atomic E-state index is 11.8. The number of halogens is 1. The van der Waals surface area contributed by atoms with E-state index in [1.165, 1.54) is 25.7 Å². The van der Waals surface area contributed by atoms with Crippen LogP contribution >= 0.6 is 11.6 Å². The number of ether oxygens (including phenoxy) is 2. The van der Waals surface area contributed by atoms with E-state index in [1.54, 1.807) is 24.3 Å². The highest BCUT2D eigenvalue weighted by Crippen LogP contribution is 2.23. The first-order chi connectivity index (χ1) is 14.1. The summed E-state index contributed by atoms with van der Waals surface area (Å²) in [5.41, 5.74) is 0. The highest BCUT2D eigenvalue weighted by molar-refractivity contribution is 6.30. The highest BCUT2D eigenvalue weighted by Gasteiger charge is 2.25. The normalized spacial score (nSPS) is 12.9. The van der Waals surface area contributed by atoms with Gasteiger partial charge in [-0.25, -0.2) is 4.79 Å². The standard InChI is InChI=1S/C24H31ClO4/c1-2-3-4-5-6-8-13-22(28-21-16-14-19(25)15-17-21)18-23(24(26)27)29-20-11-9-7-10-12-20/h7,9-12,14-17,22-23H,2-6,8,13,18H2,1H3,(H,26,27). The van der Waals surface area contributed by atoms with Gasteiger partial charge in [-0.05, 0) is 49.2 Å². The Labute approximate surface area is 178 Å². The molecule has 29 heavy (non-hydrogen) atoms. The molecule has 0 aliphatic heterocycles. The quantitative estimate of drug-likeness (QED) is 0.344. The van der Waals surface area contributed by atoms with Crippen LogP contribution in [0.2, 0.25) is 5.02 Å². The van der Waals surface area contributed by atoms with Crippen molar-refractivity contribution >= 4 is 17.6 Å². The lowest BCUT2D eigenvalue weighted by molar-refractivity contribution is -0.146. The first-order valence-corrected chi connectivity index (χ1v) is 10.8. The van der Waals surface area contributed by atoms with Crippen molar-refractivity contribution in [2.45, 2.75) is 70.5 Å². The van der Waals surface area contributed by atoms with Crippen LogP contribution in [-0.2, 0) is 4.79 Å². The molecule has 158 valence electrons. The summed E-state index contributed by atoms with van der Waals surface area (Å²) in [7, 11) is 0. The molecule has 0 amide bonds. The number of rotatable bonds is 14. The molecule has 2 atom stereocenters. The van der Waals surface area contributed by atoms with Gasteiger partial charge >= 0.3 is 5.97 Å². The van der Waals surface area contributed by atoms with Crippen LogP contribution in [0.1, 0.15) is 58.3 Å². The summed E-state index contributed by atoms with van der Waals surface area (Å²) in [6.07, 6.45) is 6.91. The molecule has 2 rings (SSSR count). The Morgan fingerprint density at radius 2 is 1.52 bits per heavy atom. The van der Waals surface area contributed by atoms with Crippen LogP contribution in [0.5, 0.6) is 11.5 Å². The summed E-state index contributed by atoms with van der Waals surface area (Å²) in [4.78, 5) is 11.8. The Morgan fingerprint density at radius 1 is 0.897 bits per heavy atom. The van der Waals surface area contributed by atoms with Gasteiger partial charge in [-0.2, -0.15) is 0 Å². The lowest BCUT2D eigenvalue weighted by atomic mass is 10.0. The summed E-state index contributed by atoms with van der Waals surface area (Å²) < 4.78 is 11.8. The van der Waals surface area contributed by atoms with Gasteiger partial charge in [-0.1, -0.05) is 68.8 Å². The maximum atomic E-state index is 11.8. The second-order valence-electron chi connectivity index (χ2n) is 7.24. The topological polar surface area (TPSA) is 55.8 Å². The lowest BCUT2D eigenvalue weighted by Crippen LogP contribution is -2.33. The summed E-state index contributed by atoms with van der Waals surface area (Å²) in [5.74, 6) is 0.250. The number of hydrogen-bond acceptors (Lipinski definition) is 3. The number of carbonyl (C=O) groups is 1. The van der Waals surface area contributed by atoms with E-state index in [9.17, 15) is 9.90 Å². The van der Waals surface area contributed by atoms with E-state index in [0.29, 0.717) is 16.5 Å². The fourth-order valence-electron chi connectivity index (χ4n) is 3.18. The van der Waals surface area contributed by atoms with Gasteiger partial charge in [0.1, 0.15) is 17.6 Å². The van der Waals surface area contributed by atoms with Crippen molar-refractivity contribution in [3.05, 3.63) is 59.6 Å². The van der Waals surface area contributed by atoms with Crippen LogP contribution in [0.15, 0.2) is 54.6 Å². The van der Waals surface area contributed by atoms with Crippen LogP contribution in [0, 0.1) is 0 Å². The molecule has 1 N–H and O–H groups in total. The van der Waals surface area contributed by atoms with E-state index in [0.717, 1.165) is 19.3 Å². The zero-order valence-corrected chi connectivity index (χ0v) is 17.8. The molecule has 0 aliphatic carbocycles. The number of aliphatic carboxylic acids is 1. The van der Waals surface area contributed by atoms with E-state index in [-0.39, 0.29) is 12.5 Å². The lowest BCUT2D eigenvalue weighted by Gasteiger charge is -2.23. The molecule has 0 aliphatic rings. The largest absolute Gasteiger partial charge is 0.490 e. The Morgan fingerprint density at radius 3 is 2.17 bits per heavy atom. The van der Waals surface area contributed by atoms with Crippen molar-refractivity contribution in [3.63, 3.8) is 0 Å². The zero-order valence-electron chi connectivity index (χ0n) is 17.1. The number of unbranched alkanes of at least 4 members (excludes halogenated alkanes) is 5. The summed E-state index contributed by atoms with van der Waals surface area (Å²) in [6.45, 7) is 2.20. The predicted molar refractivity (Wildman–Crippen MR) is 117 cm³/mol. The van der Waals surface area contributed by atoms with Gasteiger partial charge < -0.3 is 14.6 Å². The molecule has 2 unspecified atom stereocenters. The molecule has 0 spiro atoms. The average Bonchev–Trinajstić information content (AvgIpc) is 2.72. The van der Waals surface area contributed by atoms with E-state index in [4.69, 9.17) is 21.1 Å². The minimum absolute atomic E-state index is 0.243. The molecule has 0 saturated heterocycles. The molecule has 0 fully saturated rings. The second kappa shape index (κ2) is 13.1. The minimum atomic E-state index is -0.985. The summed E-state index contributed by atoms with van der Waals surface area (Å²) >= 11 is 5.96. The molecular weight excluding hydrogens is 388 g/mol. The van der Waals surface area contributed by atoms with E-state index in [2.05, 4.69) is 6.92 Å². The number of hydrogen-bond donors (Lipinski definition) is 1. The maximum Gasteiger partial charge on any atom is 0.345 e. The van der Waals surface area contributed by atoms with E-state index < -0.39 is 12.1 Å². The summed E-state index contributed by atoms with van der Waals surface area (Å²) in [6, 6.07) is 16.2. The molecule has 0 heterocycles. The molecule has 2 aromatic carbocycles. The molecular formula is C24H31ClO4. The summed E-state index contributed by atoms with van der Waals surface area (Å²) in [5, 5.41) is 10.3. The van der Waals surface area contributed by atoms with Gasteiger partial charge in [0.2, 0.25) is 0 Å². The Hall–Kier alpha value is -2.20. The van der Waals surface area contributed by atoms with Gasteiger partial charge in [-0.15, -0.1) is 0 Å². The molecule has 0 saturated carbocycles. The Kier molecular flexibility index (Phi) is 10.4. The Bertz CT molecular complexity index is 703. The van der Waals surface area contributed by atoms with Gasteiger partial charge in [0, 0.05) is 11.4 Å².